The first-order chi connectivity index (χ1) is 9.54. The molecule has 1 fully saturated rings. The summed E-state index contributed by atoms with van der Waals surface area (Å²) in [6.45, 7) is 4.76. The SMILES string of the molecule is CCC[C@H]1C(=O)NCCN1c1ncc(C)cc1[N+](=O)[O-]. The van der Waals surface area contributed by atoms with Gasteiger partial charge in [-0.15, -0.1) is 0 Å². The second kappa shape index (κ2) is 5.85. The van der Waals surface area contributed by atoms with Crippen LogP contribution in [0.4, 0.5) is 11.5 Å². The van der Waals surface area contributed by atoms with E-state index in [0.717, 1.165) is 12.0 Å². The zero-order valence-corrected chi connectivity index (χ0v) is 11.6. The maximum Gasteiger partial charge on any atom is 0.311 e. The quantitative estimate of drug-likeness (QED) is 0.664. The van der Waals surface area contributed by atoms with E-state index in [0.29, 0.717) is 19.5 Å². The minimum Gasteiger partial charge on any atom is -0.353 e. The number of aromatic nitrogens is 1. The molecule has 108 valence electrons. The molecule has 0 spiro atoms. The van der Waals surface area contributed by atoms with Gasteiger partial charge in [-0.05, 0) is 18.9 Å². The molecule has 0 saturated carbocycles. The molecule has 2 rings (SSSR count). The summed E-state index contributed by atoms with van der Waals surface area (Å²) in [5.74, 6) is 0.198. The number of carbonyl (C=O) groups is 1. The Hall–Kier alpha value is -2.18. The van der Waals surface area contributed by atoms with Crippen molar-refractivity contribution in [1.82, 2.24) is 10.3 Å². The van der Waals surface area contributed by atoms with Crippen LogP contribution < -0.4 is 10.2 Å². The van der Waals surface area contributed by atoms with Crippen LogP contribution in [0.2, 0.25) is 0 Å². The number of piperazine rings is 1. The normalized spacial score (nSPS) is 18.8. The Bertz CT molecular complexity index is 532. The lowest BCUT2D eigenvalue weighted by molar-refractivity contribution is -0.384. The molecule has 1 atom stereocenters. The van der Waals surface area contributed by atoms with Crippen molar-refractivity contribution in [2.45, 2.75) is 32.7 Å². The predicted octanol–water partition coefficient (Wildman–Crippen LogP) is 1.40. The summed E-state index contributed by atoms with van der Waals surface area (Å²) in [5, 5.41) is 14.0. The third-order valence-electron chi connectivity index (χ3n) is 3.35. The molecule has 1 amide bonds. The van der Waals surface area contributed by atoms with Crippen LogP contribution in [0.25, 0.3) is 0 Å². The Morgan fingerprint density at radius 1 is 1.60 bits per heavy atom. The summed E-state index contributed by atoms with van der Waals surface area (Å²) >= 11 is 0. The molecule has 1 aliphatic heterocycles. The number of pyridine rings is 1. The van der Waals surface area contributed by atoms with Crippen LogP contribution in [0.3, 0.4) is 0 Å². The lowest BCUT2D eigenvalue weighted by Crippen LogP contribution is -2.55. The number of hydrogen-bond donors (Lipinski definition) is 1. The number of aryl methyl sites for hydroxylation is 1. The van der Waals surface area contributed by atoms with E-state index in [-0.39, 0.29) is 23.5 Å². The fourth-order valence-corrected chi connectivity index (χ4v) is 2.43. The van der Waals surface area contributed by atoms with E-state index < -0.39 is 4.92 Å². The van der Waals surface area contributed by atoms with E-state index in [1.165, 1.54) is 6.07 Å². The van der Waals surface area contributed by atoms with Gasteiger partial charge in [-0.2, -0.15) is 0 Å². The molecule has 2 heterocycles. The molecular formula is C13H18N4O3. The van der Waals surface area contributed by atoms with E-state index in [1.54, 1.807) is 18.0 Å². The molecule has 1 aliphatic rings. The number of amides is 1. The smallest absolute Gasteiger partial charge is 0.311 e. The molecule has 0 unspecified atom stereocenters. The fourth-order valence-electron chi connectivity index (χ4n) is 2.43. The van der Waals surface area contributed by atoms with Gasteiger partial charge in [0.2, 0.25) is 11.7 Å². The van der Waals surface area contributed by atoms with Crippen LogP contribution in [0.1, 0.15) is 25.3 Å². The van der Waals surface area contributed by atoms with E-state index in [1.807, 2.05) is 6.92 Å². The van der Waals surface area contributed by atoms with Crippen molar-refractivity contribution in [2.75, 3.05) is 18.0 Å². The molecule has 7 nitrogen and oxygen atoms in total. The topological polar surface area (TPSA) is 88.4 Å². The lowest BCUT2D eigenvalue weighted by Gasteiger charge is -2.35. The summed E-state index contributed by atoms with van der Waals surface area (Å²) in [6, 6.07) is 1.11. The zero-order chi connectivity index (χ0) is 14.7. The predicted molar refractivity (Wildman–Crippen MR) is 74.7 cm³/mol. The number of nitrogens with one attached hydrogen (secondary N) is 1. The number of nitro groups is 1. The van der Waals surface area contributed by atoms with Crippen molar-refractivity contribution in [1.29, 1.82) is 0 Å². The first-order valence-electron chi connectivity index (χ1n) is 6.70. The molecular weight excluding hydrogens is 260 g/mol. The Labute approximate surface area is 117 Å². The molecule has 20 heavy (non-hydrogen) atoms. The second-order valence-electron chi connectivity index (χ2n) is 4.90. The highest BCUT2D eigenvalue weighted by atomic mass is 16.6. The van der Waals surface area contributed by atoms with E-state index in [9.17, 15) is 14.9 Å². The van der Waals surface area contributed by atoms with E-state index in [4.69, 9.17) is 0 Å². The minimum absolute atomic E-state index is 0.0409. The third-order valence-corrected chi connectivity index (χ3v) is 3.35. The maximum absolute atomic E-state index is 12.0. The van der Waals surface area contributed by atoms with Crippen LogP contribution in [0.5, 0.6) is 0 Å². The summed E-state index contributed by atoms with van der Waals surface area (Å²) < 4.78 is 0. The highest BCUT2D eigenvalue weighted by molar-refractivity contribution is 5.87. The van der Waals surface area contributed by atoms with Crippen LogP contribution >= 0.6 is 0 Å². The molecule has 0 aliphatic carbocycles. The lowest BCUT2D eigenvalue weighted by atomic mass is 10.1. The van der Waals surface area contributed by atoms with Crippen molar-refractivity contribution in [3.63, 3.8) is 0 Å². The molecule has 7 heteroatoms. The average Bonchev–Trinajstić information content (AvgIpc) is 2.41. The molecule has 0 radical (unpaired) electrons. The van der Waals surface area contributed by atoms with Gasteiger partial charge in [0.05, 0.1) is 4.92 Å². The largest absolute Gasteiger partial charge is 0.353 e. The van der Waals surface area contributed by atoms with Crippen molar-refractivity contribution in [3.05, 3.63) is 27.9 Å². The average molecular weight is 278 g/mol. The van der Waals surface area contributed by atoms with Gasteiger partial charge in [-0.3, -0.25) is 14.9 Å². The first-order valence-corrected chi connectivity index (χ1v) is 6.70. The molecule has 1 aromatic heterocycles. The Balaban J connectivity index is 2.42. The minimum atomic E-state index is -0.440. The van der Waals surface area contributed by atoms with Crippen LogP contribution in [-0.4, -0.2) is 34.9 Å². The standard InChI is InChI=1S/C13H18N4O3/c1-3-4-10-13(18)14-5-6-16(10)12-11(17(19)20)7-9(2)8-15-12/h7-8,10H,3-6H2,1-2H3,(H,14,18)/t10-/m0/s1. The number of nitrogens with zero attached hydrogens (tertiary/aromatic N) is 3. The van der Waals surface area contributed by atoms with E-state index in [2.05, 4.69) is 10.3 Å². The molecule has 1 N–H and O–H groups in total. The Morgan fingerprint density at radius 2 is 2.35 bits per heavy atom. The van der Waals surface area contributed by atoms with Gasteiger partial charge in [0.25, 0.3) is 0 Å². The number of rotatable bonds is 4. The van der Waals surface area contributed by atoms with Crippen LogP contribution in [-0.2, 0) is 4.79 Å². The molecule has 0 aromatic carbocycles. The van der Waals surface area contributed by atoms with Crippen molar-refractivity contribution >= 4 is 17.4 Å². The number of carbonyl (C=O) groups excluding carboxylic acids is 1. The number of anilines is 1. The second-order valence-corrected chi connectivity index (χ2v) is 4.90. The van der Waals surface area contributed by atoms with Gasteiger partial charge >= 0.3 is 5.69 Å². The highest BCUT2D eigenvalue weighted by Gasteiger charge is 2.33. The monoisotopic (exact) mass is 278 g/mol. The molecule has 1 saturated heterocycles. The summed E-state index contributed by atoms with van der Waals surface area (Å²) in [6.07, 6.45) is 3.07. The van der Waals surface area contributed by atoms with Gasteiger partial charge in [0.1, 0.15) is 6.04 Å². The summed E-state index contributed by atoms with van der Waals surface area (Å²) in [4.78, 5) is 28.7. The van der Waals surface area contributed by atoms with Crippen molar-refractivity contribution in [3.8, 4) is 0 Å². The molecule has 1 aromatic rings. The third kappa shape index (κ3) is 2.71. The summed E-state index contributed by atoms with van der Waals surface area (Å²) in [5.41, 5.74) is 0.690. The van der Waals surface area contributed by atoms with Gasteiger partial charge in [-0.25, -0.2) is 4.98 Å². The zero-order valence-electron chi connectivity index (χ0n) is 11.6. The fraction of sp³-hybridized carbons (Fsp3) is 0.538. The van der Waals surface area contributed by atoms with Crippen LogP contribution in [0, 0.1) is 17.0 Å². The Morgan fingerprint density at radius 3 is 3.00 bits per heavy atom. The van der Waals surface area contributed by atoms with Gasteiger partial charge in [0, 0.05) is 25.4 Å². The van der Waals surface area contributed by atoms with Gasteiger partial charge in [-0.1, -0.05) is 13.3 Å². The Kier molecular flexibility index (Phi) is 4.16. The first kappa shape index (κ1) is 14.2. The van der Waals surface area contributed by atoms with Crippen molar-refractivity contribution < 1.29 is 9.72 Å². The van der Waals surface area contributed by atoms with Gasteiger partial charge < -0.3 is 10.2 Å². The molecule has 0 bridgehead atoms. The maximum atomic E-state index is 12.0. The van der Waals surface area contributed by atoms with E-state index >= 15 is 0 Å². The van der Waals surface area contributed by atoms with Gasteiger partial charge in [0.15, 0.2) is 0 Å². The highest BCUT2D eigenvalue weighted by Crippen LogP contribution is 2.29. The van der Waals surface area contributed by atoms with Crippen molar-refractivity contribution in [2.24, 2.45) is 0 Å². The van der Waals surface area contributed by atoms with Crippen LogP contribution in [0.15, 0.2) is 12.3 Å². The summed E-state index contributed by atoms with van der Waals surface area (Å²) in [7, 11) is 0. The number of hydrogen-bond acceptors (Lipinski definition) is 5.